The molecule has 0 aliphatic heterocycles. The lowest BCUT2D eigenvalue weighted by Gasteiger charge is -2.15. The van der Waals surface area contributed by atoms with E-state index in [1.54, 1.807) is 0 Å². The maximum absolute atomic E-state index is 4.35. The van der Waals surface area contributed by atoms with Gasteiger partial charge < -0.3 is 9.88 Å². The van der Waals surface area contributed by atoms with Crippen molar-refractivity contribution in [2.75, 3.05) is 18.6 Å². The van der Waals surface area contributed by atoms with Gasteiger partial charge in [0.25, 0.3) is 0 Å². The highest BCUT2D eigenvalue weighted by atomic mass is 32.2. The minimum Gasteiger partial charge on any atom is -0.338 e. The van der Waals surface area contributed by atoms with Gasteiger partial charge in [-0.05, 0) is 19.2 Å². The van der Waals surface area contributed by atoms with E-state index in [4.69, 9.17) is 0 Å². The second kappa shape index (κ2) is 6.90. The van der Waals surface area contributed by atoms with E-state index in [1.807, 2.05) is 38.3 Å². The van der Waals surface area contributed by atoms with Gasteiger partial charge in [0, 0.05) is 37.7 Å². The van der Waals surface area contributed by atoms with Gasteiger partial charge in [0.2, 0.25) is 0 Å². The topological polar surface area (TPSA) is 29.9 Å². The molecule has 0 amide bonds. The molecular formula is C11H21N3S. The summed E-state index contributed by atoms with van der Waals surface area (Å²) >= 11 is 2.01. The molecule has 1 aromatic heterocycles. The molecule has 0 radical (unpaired) electrons. The normalized spacial score (nSPS) is 13.0. The molecule has 86 valence electrons. The van der Waals surface area contributed by atoms with Crippen molar-refractivity contribution in [1.82, 2.24) is 14.9 Å². The molecule has 3 nitrogen and oxygen atoms in total. The summed E-state index contributed by atoms with van der Waals surface area (Å²) in [4.78, 5) is 4.35. The SMILES string of the molecule is CCCSCC(Cc1nccn1C)NC. The van der Waals surface area contributed by atoms with E-state index in [0.29, 0.717) is 6.04 Å². The molecule has 4 heteroatoms. The summed E-state index contributed by atoms with van der Waals surface area (Å²) < 4.78 is 2.09. The Kier molecular flexibility index (Phi) is 5.79. The lowest BCUT2D eigenvalue weighted by molar-refractivity contribution is 0.586. The number of nitrogens with one attached hydrogen (secondary N) is 1. The molecule has 1 heterocycles. The van der Waals surface area contributed by atoms with Gasteiger partial charge in [-0.15, -0.1) is 0 Å². The van der Waals surface area contributed by atoms with Gasteiger partial charge in [0.15, 0.2) is 0 Å². The summed E-state index contributed by atoms with van der Waals surface area (Å²) in [6.45, 7) is 2.22. The molecule has 1 N–H and O–H groups in total. The lowest BCUT2D eigenvalue weighted by atomic mass is 10.2. The molecule has 0 aliphatic rings. The predicted octanol–water partition coefficient (Wildman–Crippen LogP) is 1.69. The molecule has 1 atom stereocenters. The molecule has 1 rings (SSSR count). The smallest absolute Gasteiger partial charge is 0.109 e. The maximum atomic E-state index is 4.35. The summed E-state index contributed by atoms with van der Waals surface area (Å²) in [5.74, 6) is 3.57. The Balaban J connectivity index is 2.36. The third-order valence-electron chi connectivity index (χ3n) is 2.43. The first-order chi connectivity index (χ1) is 7.27. The van der Waals surface area contributed by atoms with Crippen LogP contribution in [0.5, 0.6) is 0 Å². The van der Waals surface area contributed by atoms with E-state index in [2.05, 4.69) is 21.8 Å². The first-order valence-electron chi connectivity index (χ1n) is 5.49. The highest BCUT2D eigenvalue weighted by Crippen LogP contribution is 2.08. The van der Waals surface area contributed by atoms with Crippen LogP contribution in [0.25, 0.3) is 0 Å². The Morgan fingerprint density at radius 3 is 2.93 bits per heavy atom. The monoisotopic (exact) mass is 227 g/mol. The fourth-order valence-electron chi connectivity index (χ4n) is 1.43. The van der Waals surface area contributed by atoms with Crippen LogP contribution in [0.3, 0.4) is 0 Å². The molecule has 1 aromatic rings. The Morgan fingerprint density at radius 1 is 1.60 bits per heavy atom. The second-order valence-corrected chi connectivity index (χ2v) is 4.87. The Bertz CT molecular complexity index is 273. The van der Waals surface area contributed by atoms with E-state index < -0.39 is 0 Å². The summed E-state index contributed by atoms with van der Waals surface area (Å²) in [6.07, 6.45) is 6.13. The quantitative estimate of drug-likeness (QED) is 0.719. The van der Waals surface area contributed by atoms with Crippen LogP contribution in [0.15, 0.2) is 12.4 Å². The summed E-state index contributed by atoms with van der Waals surface area (Å²) in [5, 5.41) is 3.35. The Labute approximate surface area is 96.7 Å². The predicted molar refractivity (Wildman–Crippen MR) is 67.4 cm³/mol. The van der Waals surface area contributed by atoms with E-state index >= 15 is 0 Å². The number of nitrogens with zero attached hydrogens (tertiary/aromatic N) is 2. The van der Waals surface area contributed by atoms with Gasteiger partial charge >= 0.3 is 0 Å². The van der Waals surface area contributed by atoms with Gasteiger partial charge in [0.05, 0.1) is 0 Å². The zero-order chi connectivity index (χ0) is 11.1. The maximum Gasteiger partial charge on any atom is 0.109 e. The molecule has 0 aromatic carbocycles. The van der Waals surface area contributed by atoms with Gasteiger partial charge in [-0.25, -0.2) is 4.98 Å². The van der Waals surface area contributed by atoms with E-state index in [1.165, 1.54) is 12.2 Å². The minimum absolute atomic E-state index is 0.530. The molecule has 0 bridgehead atoms. The fraction of sp³-hybridized carbons (Fsp3) is 0.727. The van der Waals surface area contributed by atoms with E-state index in [-0.39, 0.29) is 0 Å². The molecule has 0 fully saturated rings. The van der Waals surface area contributed by atoms with Gasteiger partial charge in [-0.1, -0.05) is 6.92 Å². The standard InChI is InChI=1S/C11H21N3S/c1-4-7-15-9-10(12-2)8-11-13-5-6-14(11)3/h5-6,10,12H,4,7-9H2,1-3H3. The molecule has 15 heavy (non-hydrogen) atoms. The summed E-state index contributed by atoms with van der Waals surface area (Å²) in [5.41, 5.74) is 0. The Morgan fingerprint density at radius 2 is 2.40 bits per heavy atom. The van der Waals surface area contributed by atoms with Crippen molar-refractivity contribution in [2.45, 2.75) is 25.8 Å². The average Bonchev–Trinajstić information content (AvgIpc) is 2.63. The molecule has 0 saturated heterocycles. The highest BCUT2D eigenvalue weighted by Gasteiger charge is 2.09. The van der Waals surface area contributed by atoms with Crippen LogP contribution in [0.2, 0.25) is 0 Å². The first-order valence-corrected chi connectivity index (χ1v) is 6.64. The number of hydrogen-bond donors (Lipinski definition) is 1. The van der Waals surface area contributed by atoms with Crippen LogP contribution in [0, 0.1) is 0 Å². The molecule has 0 saturated carbocycles. The van der Waals surface area contributed by atoms with Crippen molar-refractivity contribution >= 4 is 11.8 Å². The number of aromatic nitrogens is 2. The van der Waals surface area contributed by atoms with Crippen LogP contribution in [0.1, 0.15) is 19.2 Å². The molecule has 1 unspecified atom stereocenters. The minimum atomic E-state index is 0.530. The van der Waals surface area contributed by atoms with Gasteiger partial charge in [-0.2, -0.15) is 11.8 Å². The number of rotatable bonds is 7. The van der Waals surface area contributed by atoms with Crippen molar-refractivity contribution < 1.29 is 0 Å². The van der Waals surface area contributed by atoms with Crippen LogP contribution in [-0.4, -0.2) is 34.1 Å². The second-order valence-electron chi connectivity index (χ2n) is 3.72. The first kappa shape index (κ1) is 12.6. The van der Waals surface area contributed by atoms with Crippen molar-refractivity contribution in [3.63, 3.8) is 0 Å². The molecule has 0 aliphatic carbocycles. The van der Waals surface area contributed by atoms with Crippen LogP contribution in [0.4, 0.5) is 0 Å². The van der Waals surface area contributed by atoms with Gasteiger partial charge in [-0.3, -0.25) is 0 Å². The van der Waals surface area contributed by atoms with Gasteiger partial charge in [0.1, 0.15) is 5.82 Å². The third kappa shape index (κ3) is 4.26. The van der Waals surface area contributed by atoms with Crippen LogP contribution in [-0.2, 0) is 13.5 Å². The van der Waals surface area contributed by atoms with E-state index in [0.717, 1.165) is 18.0 Å². The summed E-state index contributed by atoms with van der Waals surface area (Å²) in [6, 6.07) is 0.530. The van der Waals surface area contributed by atoms with Crippen molar-refractivity contribution in [3.8, 4) is 0 Å². The number of imidazole rings is 1. The summed E-state index contributed by atoms with van der Waals surface area (Å²) in [7, 11) is 4.08. The number of likely N-dealkylation sites (N-methyl/N-ethyl adjacent to an activating group) is 1. The molecular weight excluding hydrogens is 206 g/mol. The van der Waals surface area contributed by atoms with Crippen molar-refractivity contribution in [2.24, 2.45) is 7.05 Å². The molecule has 0 spiro atoms. The zero-order valence-corrected chi connectivity index (χ0v) is 10.7. The average molecular weight is 227 g/mol. The van der Waals surface area contributed by atoms with Crippen molar-refractivity contribution in [3.05, 3.63) is 18.2 Å². The Hall–Kier alpha value is -0.480. The fourth-order valence-corrected chi connectivity index (χ4v) is 2.45. The largest absolute Gasteiger partial charge is 0.338 e. The highest BCUT2D eigenvalue weighted by molar-refractivity contribution is 7.99. The van der Waals surface area contributed by atoms with Crippen LogP contribution < -0.4 is 5.32 Å². The number of hydrogen-bond acceptors (Lipinski definition) is 3. The third-order valence-corrected chi connectivity index (χ3v) is 3.76. The van der Waals surface area contributed by atoms with E-state index in [9.17, 15) is 0 Å². The van der Waals surface area contributed by atoms with Crippen LogP contribution >= 0.6 is 11.8 Å². The number of aryl methyl sites for hydroxylation is 1. The zero-order valence-electron chi connectivity index (χ0n) is 9.86. The number of thioether (sulfide) groups is 1. The van der Waals surface area contributed by atoms with Crippen molar-refractivity contribution in [1.29, 1.82) is 0 Å². The lowest BCUT2D eigenvalue weighted by Crippen LogP contribution is -2.31.